The number of benzene rings is 3. The van der Waals surface area contributed by atoms with E-state index in [1.165, 1.54) is 47.5 Å². The van der Waals surface area contributed by atoms with Crippen LogP contribution in [0.5, 0.6) is 5.75 Å². The van der Waals surface area contributed by atoms with Gasteiger partial charge in [-0.3, -0.25) is 4.79 Å². The van der Waals surface area contributed by atoms with Crippen molar-refractivity contribution in [2.24, 2.45) is 0 Å². The van der Waals surface area contributed by atoms with Crippen LogP contribution in [0.4, 0.5) is 5.69 Å². The smallest absolute Gasteiger partial charge is 0.317 e. The van der Waals surface area contributed by atoms with Gasteiger partial charge in [0.25, 0.3) is 0 Å². The maximum absolute atomic E-state index is 11.4. The molecule has 8 heteroatoms. The van der Waals surface area contributed by atoms with E-state index in [2.05, 4.69) is 43.4 Å². The van der Waals surface area contributed by atoms with Gasteiger partial charge in [0, 0.05) is 16.6 Å². The largest absolute Gasteiger partial charge is 0.489 e. The van der Waals surface area contributed by atoms with E-state index in [1.807, 2.05) is 60.0 Å². The summed E-state index contributed by atoms with van der Waals surface area (Å²) in [5, 5.41) is 25.6. The maximum Gasteiger partial charge on any atom is 0.317 e. The lowest BCUT2D eigenvalue weighted by molar-refractivity contribution is -0.141. The molecule has 1 heterocycles. The lowest BCUT2D eigenvalue weighted by Crippen LogP contribution is -2.43. The summed E-state index contributed by atoms with van der Waals surface area (Å²) in [6.07, 6.45) is 3.65. The first kappa shape index (κ1) is 30.2. The van der Waals surface area contributed by atoms with E-state index in [-0.39, 0.29) is 13.1 Å². The molecule has 0 aliphatic carbocycles. The van der Waals surface area contributed by atoms with Crippen molar-refractivity contribution in [3.8, 4) is 17.0 Å². The molecule has 0 aliphatic rings. The number of aliphatic carboxylic acids is 1. The Bertz CT molecular complexity index is 1340. The van der Waals surface area contributed by atoms with Crippen LogP contribution >= 0.6 is 11.3 Å². The van der Waals surface area contributed by atoms with E-state index >= 15 is 0 Å². The van der Waals surface area contributed by atoms with Gasteiger partial charge in [-0.15, -0.1) is 11.3 Å². The molecule has 7 nitrogen and oxygen atoms in total. The number of thiazole rings is 1. The highest BCUT2D eigenvalue weighted by molar-refractivity contribution is 7.09. The summed E-state index contributed by atoms with van der Waals surface area (Å²) in [5.74, 6) is 0.458. The van der Waals surface area contributed by atoms with Gasteiger partial charge in [0.05, 0.1) is 12.2 Å². The summed E-state index contributed by atoms with van der Waals surface area (Å²) >= 11 is 1.43. The Labute approximate surface area is 246 Å². The van der Waals surface area contributed by atoms with E-state index in [9.17, 15) is 15.0 Å². The SMILES string of the molecule is CCCC(CCC)c1ccc(OCc2ccc(-c3csc(CN(CC(=O)O)C(O)Nc4ccccc4)n3)cc2)cc1. The lowest BCUT2D eigenvalue weighted by Gasteiger charge is -2.26. The summed E-state index contributed by atoms with van der Waals surface area (Å²) in [4.78, 5) is 17.6. The van der Waals surface area contributed by atoms with Crippen molar-refractivity contribution in [2.45, 2.75) is 65.0 Å². The zero-order valence-electron chi connectivity index (χ0n) is 23.7. The van der Waals surface area contributed by atoms with Gasteiger partial charge < -0.3 is 20.3 Å². The number of ether oxygens (including phenoxy) is 1. The maximum atomic E-state index is 11.4. The third kappa shape index (κ3) is 9.14. The van der Waals surface area contributed by atoms with Gasteiger partial charge >= 0.3 is 5.97 Å². The van der Waals surface area contributed by atoms with Crippen molar-refractivity contribution < 1.29 is 19.7 Å². The number of carbonyl (C=O) groups is 1. The lowest BCUT2D eigenvalue weighted by atomic mass is 9.90. The predicted octanol–water partition coefficient (Wildman–Crippen LogP) is 7.35. The number of carboxylic acids is 1. The minimum atomic E-state index is -1.18. The van der Waals surface area contributed by atoms with Gasteiger partial charge in [-0.05, 0) is 54.2 Å². The molecule has 216 valence electrons. The Balaban J connectivity index is 1.33. The quantitative estimate of drug-likeness (QED) is 0.121. The van der Waals surface area contributed by atoms with Gasteiger partial charge in [-0.2, -0.15) is 0 Å². The molecule has 3 N–H and O–H groups in total. The normalized spacial score (nSPS) is 12.0. The van der Waals surface area contributed by atoms with E-state index in [0.717, 1.165) is 22.6 Å². The van der Waals surface area contributed by atoms with Gasteiger partial charge in [0.15, 0.2) is 6.35 Å². The molecule has 1 aromatic heterocycles. The van der Waals surface area contributed by atoms with Crippen molar-refractivity contribution in [3.63, 3.8) is 0 Å². The minimum Gasteiger partial charge on any atom is -0.489 e. The van der Waals surface area contributed by atoms with Crippen LogP contribution in [0.1, 0.15) is 61.6 Å². The van der Waals surface area contributed by atoms with Crippen LogP contribution in [0, 0.1) is 0 Å². The second kappa shape index (κ2) is 15.3. The Hall–Kier alpha value is -3.72. The third-order valence-electron chi connectivity index (χ3n) is 6.92. The monoisotopic (exact) mass is 573 g/mol. The molecular formula is C33H39N3O4S. The van der Waals surface area contributed by atoms with Crippen molar-refractivity contribution in [2.75, 3.05) is 11.9 Å². The minimum absolute atomic E-state index is 0.195. The second-order valence-electron chi connectivity index (χ2n) is 10.1. The Kier molecular flexibility index (Phi) is 11.3. The number of hydrogen-bond acceptors (Lipinski definition) is 7. The highest BCUT2D eigenvalue weighted by Gasteiger charge is 2.21. The molecule has 3 aromatic carbocycles. The van der Waals surface area contributed by atoms with Crippen LogP contribution in [0.3, 0.4) is 0 Å². The molecule has 0 saturated heterocycles. The Morgan fingerprint density at radius 2 is 1.66 bits per heavy atom. The molecule has 0 radical (unpaired) electrons. The van der Waals surface area contributed by atoms with Crippen LogP contribution in [0.25, 0.3) is 11.3 Å². The number of para-hydroxylation sites is 1. The summed E-state index contributed by atoms with van der Waals surface area (Å²) < 4.78 is 6.04. The van der Waals surface area contributed by atoms with Crippen LogP contribution < -0.4 is 10.1 Å². The van der Waals surface area contributed by atoms with Crippen molar-refractivity contribution in [1.82, 2.24) is 9.88 Å². The fourth-order valence-electron chi connectivity index (χ4n) is 4.82. The zero-order valence-corrected chi connectivity index (χ0v) is 24.5. The first-order valence-electron chi connectivity index (χ1n) is 14.2. The van der Waals surface area contributed by atoms with Crippen LogP contribution in [-0.2, 0) is 17.9 Å². The molecule has 0 amide bonds. The van der Waals surface area contributed by atoms with E-state index < -0.39 is 12.3 Å². The van der Waals surface area contributed by atoms with Gasteiger partial charge in [0.1, 0.15) is 23.9 Å². The molecule has 4 rings (SSSR count). The van der Waals surface area contributed by atoms with Gasteiger partial charge in [0.2, 0.25) is 0 Å². The zero-order chi connectivity index (χ0) is 29.0. The molecular weight excluding hydrogens is 534 g/mol. The highest BCUT2D eigenvalue weighted by atomic mass is 32.1. The Morgan fingerprint density at radius 3 is 2.29 bits per heavy atom. The molecule has 0 bridgehead atoms. The first-order valence-corrected chi connectivity index (χ1v) is 15.0. The molecule has 0 fully saturated rings. The summed E-state index contributed by atoms with van der Waals surface area (Å²) in [6.45, 7) is 4.83. The number of aromatic nitrogens is 1. The summed E-state index contributed by atoms with van der Waals surface area (Å²) in [7, 11) is 0. The first-order chi connectivity index (χ1) is 19.9. The highest BCUT2D eigenvalue weighted by Crippen LogP contribution is 2.28. The van der Waals surface area contributed by atoms with Gasteiger partial charge in [-0.25, -0.2) is 9.88 Å². The number of aliphatic hydroxyl groups is 1. The number of nitrogens with one attached hydrogen (secondary N) is 1. The standard InChI is InChI=1S/C33H39N3O4S/c1-3-8-25(9-4-2)26-16-18-29(19-17-26)40-22-24-12-14-27(15-13-24)30-23-41-31(35-30)20-36(21-32(37)38)33(39)34-28-10-6-5-7-11-28/h5-7,10-19,23,25,33-34,39H,3-4,8-9,20-22H2,1-2H3,(H,37,38). The second-order valence-corrected chi connectivity index (χ2v) is 11.1. The number of carboxylic acid groups (broad SMARTS) is 1. The van der Waals surface area contributed by atoms with Crippen LogP contribution in [0.2, 0.25) is 0 Å². The van der Waals surface area contributed by atoms with Crippen LogP contribution in [-0.4, -0.2) is 39.0 Å². The average Bonchev–Trinajstić information content (AvgIpc) is 3.45. The van der Waals surface area contributed by atoms with Crippen molar-refractivity contribution in [3.05, 3.63) is 100 Å². The fourth-order valence-corrected chi connectivity index (χ4v) is 5.64. The van der Waals surface area contributed by atoms with Crippen molar-refractivity contribution in [1.29, 1.82) is 0 Å². The molecule has 41 heavy (non-hydrogen) atoms. The number of nitrogens with zero attached hydrogens (tertiary/aromatic N) is 2. The molecule has 0 aliphatic heterocycles. The third-order valence-corrected chi connectivity index (χ3v) is 7.76. The summed E-state index contributed by atoms with van der Waals surface area (Å²) in [5.41, 5.74) is 4.92. The number of aliphatic hydroxyl groups excluding tert-OH is 1. The molecule has 1 atom stereocenters. The van der Waals surface area contributed by atoms with E-state index in [0.29, 0.717) is 23.2 Å². The molecule has 0 spiro atoms. The number of rotatable bonds is 16. The average molecular weight is 574 g/mol. The number of anilines is 1. The predicted molar refractivity (Wildman–Crippen MR) is 165 cm³/mol. The van der Waals surface area contributed by atoms with Crippen molar-refractivity contribution >= 4 is 23.0 Å². The Morgan fingerprint density at radius 1 is 0.976 bits per heavy atom. The van der Waals surface area contributed by atoms with Crippen LogP contribution in [0.15, 0.2) is 84.2 Å². The molecule has 0 saturated carbocycles. The summed E-state index contributed by atoms with van der Waals surface area (Å²) in [6, 6.07) is 25.8. The van der Waals surface area contributed by atoms with E-state index in [4.69, 9.17) is 9.72 Å². The molecule has 4 aromatic rings. The van der Waals surface area contributed by atoms with E-state index in [1.54, 1.807) is 0 Å². The van der Waals surface area contributed by atoms with Gasteiger partial charge in [-0.1, -0.05) is 81.3 Å². The fraction of sp³-hybridized carbons (Fsp3) is 0.333. The molecule has 1 unspecified atom stereocenters. The topological polar surface area (TPSA) is 94.9 Å². The number of hydrogen-bond donors (Lipinski definition) is 3.